The summed E-state index contributed by atoms with van der Waals surface area (Å²) < 4.78 is 32.6. The Morgan fingerprint density at radius 2 is 2.10 bits per heavy atom. The van der Waals surface area contributed by atoms with Crippen molar-refractivity contribution in [2.24, 2.45) is 0 Å². The molecule has 1 aromatic heterocycles. The maximum absolute atomic E-state index is 12.8. The number of nitrogens with zero attached hydrogens (tertiary/aromatic N) is 2. The Morgan fingerprint density at radius 3 is 2.76 bits per heavy atom. The molecule has 1 aliphatic rings. The van der Waals surface area contributed by atoms with E-state index in [0.29, 0.717) is 24.7 Å². The molecule has 0 aliphatic carbocycles. The van der Waals surface area contributed by atoms with E-state index >= 15 is 0 Å². The first-order valence-electron chi connectivity index (χ1n) is 6.75. The van der Waals surface area contributed by atoms with Crippen molar-refractivity contribution < 1.29 is 13.2 Å². The van der Waals surface area contributed by atoms with E-state index in [4.69, 9.17) is 4.74 Å². The summed E-state index contributed by atoms with van der Waals surface area (Å²) in [5.74, 6) is 0. The highest BCUT2D eigenvalue weighted by molar-refractivity contribution is 7.89. The van der Waals surface area contributed by atoms with Crippen molar-refractivity contribution >= 4 is 10.0 Å². The first-order chi connectivity index (χ1) is 10.1. The Kier molecular flexibility index (Phi) is 3.79. The van der Waals surface area contributed by atoms with Crippen molar-refractivity contribution in [1.29, 1.82) is 0 Å². The predicted octanol–water partition coefficient (Wildman–Crippen LogP) is 1.48. The maximum Gasteiger partial charge on any atom is 0.243 e. The van der Waals surface area contributed by atoms with Crippen LogP contribution in [0.1, 0.15) is 17.3 Å². The zero-order chi connectivity index (χ0) is 14.9. The summed E-state index contributed by atoms with van der Waals surface area (Å²) in [4.78, 5) is 0.300. The van der Waals surface area contributed by atoms with Gasteiger partial charge in [-0.3, -0.25) is 5.10 Å². The number of hydrogen-bond acceptors (Lipinski definition) is 4. The second kappa shape index (κ2) is 5.59. The lowest BCUT2D eigenvalue weighted by Crippen LogP contribution is -2.43. The lowest BCUT2D eigenvalue weighted by atomic mass is 10.1. The van der Waals surface area contributed by atoms with Gasteiger partial charge < -0.3 is 4.74 Å². The molecular weight excluding hydrogens is 290 g/mol. The number of nitrogens with one attached hydrogen (secondary N) is 1. The van der Waals surface area contributed by atoms with Crippen LogP contribution in [0.4, 0.5) is 0 Å². The predicted molar refractivity (Wildman–Crippen MR) is 77.2 cm³/mol. The SMILES string of the molecule is Cc1cn[nH]c1[C@@H]1COCCN1S(=O)(=O)c1ccccc1. The minimum Gasteiger partial charge on any atom is -0.378 e. The Hall–Kier alpha value is -1.70. The van der Waals surface area contributed by atoms with Gasteiger partial charge in [0.05, 0.1) is 36.0 Å². The topological polar surface area (TPSA) is 75.3 Å². The molecule has 2 heterocycles. The molecule has 112 valence electrons. The third-order valence-corrected chi connectivity index (χ3v) is 5.55. The maximum atomic E-state index is 12.8. The number of sulfonamides is 1. The molecule has 0 saturated carbocycles. The summed E-state index contributed by atoms with van der Waals surface area (Å²) in [5, 5.41) is 6.88. The van der Waals surface area contributed by atoms with E-state index in [9.17, 15) is 8.42 Å². The van der Waals surface area contributed by atoms with Crippen molar-refractivity contribution in [3.8, 4) is 0 Å². The van der Waals surface area contributed by atoms with Crippen LogP contribution in [-0.4, -0.2) is 42.7 Å². The van der Waals surface area contributed by atoms with E-state index < -0.39 is 10.0 Å². The van der Waals surface area contributed by atoms with Crippen molar-refractivity contribution in [1.82, 2.24) is 14.5 Å². The summed E-state index contributed by atoms with van der Waals surface area (Å²) >= 11 is 0. The molecule has 1 aromatic carbocycles. The molecule has 21 heavy (non-hydrogen) atoms. The average Bonchev–Trinajstić information content (AvgIpc) is 2.94. The summed E-state index contributed by atoms with van der Waals surface area (Å²) in [6.07, 6.45) is 1.69. The molecule has 0 spiro atoms. The highest BCUT2D eigenvalue weighted by Crippen LogP contribution is 2.30. The number of H-pyrrole nitrogens is 1. The van der Waals surface area contributed by atoms with Crippen LogP contribution >= 0.6 is 0 Å². The highest BCUT2D eigenvalue weighted by Gasteiger charge is 2.36. The molecule has 1 fully saturated rings. The lowest BCUT2D eigenvalue weighted by molar-refractivity contribution is 0.0303. The monoisotopic (exact) mass is 307 g/mol. The summed E-state index contributed by atoms with van der Waals surface area (Å²) in [5.41, 5.74) is 1.72. The summed E-state index contributed by atoms with van der Waals surface area (Å²) in [6, 6.07) is 8.11. The van der Waals surface area contributed by atoms with E-state index in [1.807, 2.05) is 6.92 Å². The molecule has 1 aliphatic heterocycles. The summed E-state index contributed by atoms with van der Waals surface area (Å²) in [6.45, 7) is 2.96. The standard InChI is InChI=1S/C14H17N3O3S/c1-11-9-15-16-14(11)13-10-20-8-7-17(13)21(18,19)12-5-3-2-4-6-12/h2-6,9,13H,7-8,10H2,1H3,(H,15,16)/t13-/m0/s1. The van der Waals surface area contributed by atoms with Crippen LogP contribution in [0.15, 0.2) is 41.4 Å². The smallest absolute Gasteiger partial charge is 0.243 e. The van der Waals surface area contributed by atoms with E-state index in [-0.39, 0.29) is 6.04 Å². The number of rotatable bonds is 3. The number of aromatic nitrogens is 2. The molecule has 1 atom stereocenters. The zero-order valence-electron chi connectivity index (χ0n) is 11.7. The highest BCUT2D eigenvalue weighted by atomic mass is 32.2. The molecule has 2 aromatic rings. The fourth-order valence-electron chi connectivity index (χ4n) is 2.53. The van der Waals surface area contributed by atoms with Gasteiger partial charge in [0.15, 0.2) is 0 Å². The zero-order valence-corrected chi connectivity index (χ0v) is 12.5. The minimum atomic E-state index is -3.55. The van der Waals surface area contributed by atoms with Crippen LogP contribution in [0.3, 0.4) is 0 Å². The Morgan fingerprint density at radius 1 is 1.33 bits per heavy atom. The van der Waals surface area contributed by atoms with Gasteiger partial charge >= 0.3 is 0 Å². The number of morpholine rings is 1. The van der Waals surface area contributed by atoms with Crippen LogP contribution in [0.5, 0.6) is 0 Å². The normalized spacial score (nSPS) is 20.5. The van der Waals surface area contributed by atoms with Gasteiger partial charge in [0.25, 0.3) is 0 Å². The van der Waals surface area contributed by atoms with Gasteiger partial charge in [-0.05, 0) is 24.6 Å². The van der Waals surface area contributed by atoms with E-state index in [1.165, 1.54) is 4.31 Å². The Bertz CT molecular complexity index is 712. The van der Waals surface area contributed by atoms with Gasteiger partial charge in [-0.2, -0.15) is 9.40 Å². The van der Waals surface area contributed by atoms with Gasteiger partial charge in [0, 0.05) is 6.54 Å². The van der Waals surface area contributed by atoms with Crippen molar-refractivity contribution in [2.75, 3.05) is 19.8 Å². The van der Waals surface area contributed by atoms with Gasteiger partial charge in [-0.25, -0.2) is 8.42 Å². The molecule has 1 N–H and O–H groups in total. The Balaban J connectivity index is 2.01. The second-order valence-electron chi connectivity index (χ2n) is 4.99. The van der Waals surface area contributed by atoms with Crippen molar-refractivity contribution in [3.63, 3.8) is 0 Å². The minimum absolute atomic E-state index is 0.300. The van der Waals surface area contributed by atoms with Gasteiger partial charge in [0.1, 0.15) is 0 Å². The Labute approximate surface area is 123 Å². The first-order valence-corrected chi connectivity index (χ1v) is 8.19. The van der Waals surface area contributed by atoms with Crippen LogP contribution < -0.4 is 0 Å². The average molecular weight is 307 g/mol. The molecule has 1 saturated heterocycles. The quantitative estimate of drug-likeness (QED) is 0.932. The molecule has 0 bridgehead atoms. The number of aromatic amines is 1. The van der Waals surface area contributed by atoms with Gasteiger partial charge in [-0.1, -0.05) is 18.2 Å². The first kappa shape index (κ1) is 14.2. The molecule has 0 unspecified atom stereocenters. The van der Waals surface area contributed by atoms with Crippen LogP contribution in [-0.2, 0) is 14.8 Å². The number of hydrogen-bond donors (Lipinski definition) is 1. The largest absolute Gasteiger partial charge is 0.378 e. The fraction of sp³-hybridized carbons (Fsp3) is 0.357. The molecule has 6 nitrogen and oxygen atoms in total. The lowest BCUT2D eigenvalue weighted by Gasteiger charge is -2.34. The van der Waals surface area contributed by atoms with Crippen LogP contribution in [0.2, 0.25) is 0 Å². The van der Waals surface area contributed by atoms with Crippen molar-refractivity contribution in [3.05, 3.63) is 47.8 Å². The molecule has 3 rings (SSSR count). The van der Waals surface area contributed by atoms with Gasteiger partial charge in [0.2, 0.25) is 10.0 Å². The number of aryl methyl sites for hydroxylation is 1. The third kappa shape index (κ3) is 2.59. The molecule has 0 radical (unpaired) electrons. The fourth-order valence-corrected chi connectivity index (χ4v) is 4.11. The third-order valence-electron chi connectivity index (χ3n) is 3.63. The molecular formula is C14H17N3O3S. The van der Waals surface area contributed by atoms with Crippen LogP contribution in [0, 0.1) is 6.92 Å². The van der Waals surface area contributed by atoms with E-state index in [0.717, 1.165) is 11.3 Å². The number of ether oxygens (including phenoxy) is 1. The molecule has 7 heteroatoms. The summed E-state index contributed by atoms with van der Waals surface area (Å²) in [7, 11) is -3.55. The van der Waals surface area contributed by atoms with E-state index in [2.05, 4.69) is 10.2 Å². The number of benzene rings is 1. The van der Waals surface area contributed by atoms with Crippen molar-refractivity contribution in [2.45, 2.75) is 17.9 Å². The van der Waals surface area contributed by atoms with Crippen LogP contribution in [0.25, 0.3) is 0 Å². The second-order valence-corrected chi connectivity index (χ2v) is 6.88. The molecule has 0 amide bonds. The van der Waals surface area contributed by atoms with E-state index in [1.54, 1.807) is 36.5 Å². The van der Waals surface area contributed by atoms with Gasteiger partial charge in [-0.15, -0.1) is 0 Å².